The topological polar surface area (TPSA) is 12.9 Å². The fourth-order valence-electron chi connectivity index (χ4n) is 1.63. The first-order chi connectivity index (χ1) is 8.56. The summed E-state index contributed by atoms with van der Waals surface area (Å²) < 4.78 is 13.3. The van der Waals surface area contributed by atoms with Crippen LogP contribution in [0, 0.1) is 12.7 Å². The van der Waals surface area contributed by atoms with E-state index >= 15 is 0 Å². The summed E-state index contributed by atoms with van der Waals surface area (Å²) in [6.45, 7) is 1.98. The van der Waals surface area contributed by atoms with E-state index in [0.717, 1.165) is 11.3 Å². The number of alkyl halides is 1. The van der Waals surface area contributed by atoms with Crippen molar-refractivity contribution in [3.05, 3.63) is 64.2 Å². The van der Waals surface area contributed by atoms with Crippen LogP contribution in [0.15, 0.2) is 36.5 Å². The molecule has 0 aliphatic heterocycles. The molecule has 0 radical (unpaired) electrons. The van der Waals surface area contributed by atoms with Crippen LogP contribution in [-0.2, 0) is 6.42 Å². The number of aryl methyl sites for hydroxylation is 1. The summed E-state index contributed by atoms with van der Waals surface area (Å²) in [5, 5.41) is -0.206. The molecule has 0 bridgehead atoms. The van der Waals surface area contributed by atoms with E-state index in [9.17, 15) is 4.39 Å². The summed E-state index contributed by atoms with van der Waals surface area (Å²) in [6.07, 6.45) is 2.35. The number of nitrogens with zero attached hydrogens (tertiary/aromatic N) is 1. The second-order valence-corrected chi connectivity index (χ2v) is 5.11. The van der Waals surface area contributed by atoms with E-state index in [-0.39, 0.29) is 10.4 Å². The highest BCUT2D eigenvalue weighted by molar-refractivity contribution is 6.30. The molecule has 1 nitrogen and oxygen atoms in total. The Hall–Kier alpha value is -1.12. The average molecular weight is 284 g/mol. The second-order valence-electron chi connectivity index (χ2n) is 4.17. The van der Waals surface area contributed by atoms with E-state index in [4.69, 9.17) is 23.2 Å². The van der Waals surface area contributed by atoms with Gasteiger partial charge in [-0.15, -0.1) is 11.6 Å². The predicted octanol–water partition coefficient (Wildman–Crippen LogP) is 4.71. The number of hydrogen-bond donors (Lipinski definition) is 0. The average Bonchev–Trinajstić information content (AvgIpc) is 2.35. The van der Waals surface area contributed by atoms with Gasteiger partial charge in [-0.3, -0.25) is 4.98 Å². The summed E-state index contributed by atoms with van der Waals surface area (Å²) in [5.74, 6) is -0.448. The van der Waals surface area contributed by atoms with Gasteiger partial charge in [0.1, 0.15) is 5.82 Å². The van der Waals surface area contributed by atoms with Crippen LogP contribution in [0.3, 0.4) is 0 Å². The number of hydrogen-bond acceptors (Lipinski definition) is 1. The van der Waals surface area contributed by atoms with Crippen molar-refractivity contribution in [3.63, 3.8) is 0 Å². The van der Waals surface area contributed by atoms with Gasteiger partial charge in [-0.25, -0.2) is 4.39 Å². The van der Waals surface area contributed by atoms with Crippen LogP contribution in [0.1, 0.15) is 22.2 Å². The lowest BCUT2D eigenvalue weighted by Crippen LogP contribution is -1.99. The van der Waals surface area contributed by atoms with Gasteiger partial charge >= 0.3 is 0 Å². The Labute approximate surface area is 116 Å². The molecule has 4 heteroatoms. The van der Waals surface area contributed by atoms with Crippen LogP contribution in [0.2, 0.25) is 5.02 Å². The van der Waals surface area contributed by atoms with E-state index in [1.54, 1.807) is 12.3 Å². The molecule has 0 amide bonds. The molecule has 18 heavy (non-hydrogen) atoms. The second kappa shape index (κ2) is 5.68. The zero-order chi connectivity index (χ0) is 13.1. The van der Waals surface area contributed by atoms with Crippen LogP contribution in [-0.4, -0.2) is 4.98 Å². The van der Waals surface area contributed by atoms with Crippen molar-refractivity contribution >= 4 is 23.2 Å². The Kier molecular flexibility index (Phi) is 4.20. The Morgan fingerprint density at radius 3 is 2.67 bits per heavy atom. The maximum atomic E-state index is 13.3. The number of rotatable bonds is 3. The Morgan fingerprint density at radius 1 is 1.28 bits per heavy atom. The first-order valence-corrected chi connectivity index (χ1v) is 6.38. The van der Waals surface area contributed by atoms with Gasteiger partial charge in [-0.05, 0) is 36.2 Å². The zero-order valence-electron chi connectivity index (χ0n) is 9.83. The number of halogens is 3. The standard InChI is InChI=1S/C14H12Cl2FN/c1-9-2-4-11(18-8-9)7-13(16)10-3-5-12(15)14(17)6-10/h2-6,8,13H,7H2,1H3. The van der Waals surface area contributed by atoms with Crippen LogP contribution >= 0.6 is 23.2 Å². The van der Waals surface area contributed by atoms with Gasteiger partial charge in [0.2, 0.25) is 0 Å². The van der Waals surface area contributed by atoms with E-state index in [1.165, 1.54) is 12.1 Å². The maximum Gasteiger partial charge on any atom is 0.142 e. The highest BCUT2D eigenvalue weighted by Crippen LogP contribution is 2.27. The molecule has 1 atom stereocenters. The van der Waals surface area contributed by atoms with Crippen LogP contribution in [0.4, 0.5) is 4.39 Å². The molecular weight excluding hydrogens is 272 g/mol. The molecule has 0 aliphatic rings. The van der Waals surface area contributed by atoms with Gasteiger partial charge in [0.05, 0.1) is 10.4 Å². The Bertz CT molecular complexity index is 540. The Morgan fingerprint density at radius 2 is 2.06 bits per heavy atom. The van der Waals surface area contributed by atoms with Crippen LogP contribution < -0.4 is 0 Å². The van der Waals surface area contributed by atoms with E-state index in [0.29, 0.717) is 12.0 Å². The van der Waals surface area contributed by atoms with Gasteiger partial charge in [-0.2, -0.15) is 0 Å². The van der Waals surface area contributed by atoms with Gasteiger partial charge < -0.3 is 0 Å². The quantitative estimate of drug-likeness (QED) is 0.744. The molecule has 0 aliphatic carbocycles. The maximum absolute atomic E-state index is 13.3. The van der Waals surface area contributed by atoms with Crippen molar-refractivity contribution < 1.29 is 4.39 Å². The van der Waals surface area contributed by atoms with Gasteiger partial charge in [0.15, 0.2) is 0 Å². The van der Waals surface area contributed by atoms with Crippen molar-refractivity contribution in [2.75, 3.05) is 0 Å². The van der Waals surface area contributed by atoms with E-state index < -0.39 is 5.82 Å². The Balaban J connectivity index is 2.13. The third kappa shape index (κ3) is 3.21. The third-order valence-corrected chi connectivity index (χ3v) is 3.38. The van der Waals surface area contributed by atoms with Crippen molar-refractivity contribution in [3.8, 4) is 0 Å². The molecule has 0 saturated carbocycles. The van der Waals surface area contributed by atoms with Crippen LogP contribution in [0.5, 0.6) is 0 Å². The predicted molar refractivity (Wildman–Crippen MR) is 72.7 cm³/mol. The third-order valence-electron chi connectivity index (χ3n) is 2.67. The van der Waals surface area contributed by atoms with Gasteiger partial charge in [-0.1, -0.05) is 23.7 Å². The summed E-state index contributed by atoms with van der Waals surface area (Å²) >= 11 is 11.9. The highest BCUT2D eigenvalue weighted by Gasteiger charge is 2.12. The summed E-state index contributed by atoms with van der Waals surface area (Å²) in [4.78, 5) is 4.28. The zero-order valence-corrected chi connectivity index (χ0v) is 11.3. The summed E-state index contributed by atoms with van der Waals surface area (Å²) in [6, 6.07) is 8.53. The molecule has 94 valence electrons. The van der Waals surface area contributed by atoms with Crippen molar-refractivity contribution in [2.45, 2.75) is 18.7 Å². The number of pyridine rings is 1. The highest BCUT2D eigenvalue weighted by atomic mass is 35.5. The SMILES string of the molecule is Cc1ccc(CC(Cl)c2ccc(Cl)c(F)c2)nc1. The molecule has 0 spiro atoms. The number of benzene rings is 1. The van der Waals surface area contributed by atoms with Gasteiger partial charge in [0.25, 0.3) is 0 Å². The van der Waals surface area contributed by atoms with Gasteiger partial charge in [0, 0.05) is 18.3 Å². The molecule has 1 aromatic carbocycles. The smallest absolute Gasteiger partial charge is 0.142 e. The minimum absolute atomic E-state index is 0.107. The monoisotopic (exact) mass is 283 g/mol. The van der Waals surface area contributed by atoms with Crippen LogP contribution in [0.25, 0.3) is 0 Å². The molecule has 0 saturated heterocycles. The molecular formula is C14H12Cl2FN. The summed E-state index contributed by atoms with van der Waals surface area (Å²) in [7, 11) is 0. The minimum Gasteiger partial charge on any atom is -0.261 e. The lowest BCUT2D eigenvalue weighted by atomic mass is 10.1. The molecule has 0 fully saturated rings. The largest absolute Gasteiger partial charge is 0.261 e. The molecule has 1 aromatic heterocycles. The van der Waals surface area contributed by atoms with E-state index in [2.05, 4.69) is 4.98 Å². The van der Waals surface area contributed by atoms with Crippen molar-refractivity contribution in [1.29, 1.82) is 0 Å². The normalized spacial score (nSPS) is 12.4. The first-order valence-electron chi connectivity index (χ1n) is 5.57. The number of aromatic nitrogens is 1. The first kappa shape index (κ1) is 13.3. The van der Waals surface area contributed by atoms with E-state index in [1.807, 2.05) is 19.1 Å². The fraction of sp³-hybridized carbons (Fsp3) is 0.214. The molecule has 2 aromatic rings. The lowest BCUT2D eigenvalue weighted by molar-refractivity contribution is 0.625. The molecule has 1 unspecified atom stereocenters. The summed E-state index contributed by atoms with van der Waals surface area (Å²) in [5.41, 5.74) is 2.69. The minimum atomic E-state index is -0.448. The van der Waals surface area contributed by atoms with Crippen molar-refractivity contribution in [2.24, 2.45) is 0 Å². The molecule has 1 heterocycles. The van der Waals surface area contributed by atoms with Crippen molar-refractivity contribution in [1.82, 2.24) is 4.98 Å². The lowest BCUT2D eigenvalue weighted by Gasteiger charge is -2.10. The molecule has 2 rings (SSSR count). The fourth-order valence-corrected chi connectivity index (χ4v) is 2.04. The molecule has 0 N–H and O–H groups in total.